The van der Waals surface area contributed by atoms with Crippen molar-refractivity contribution in [3.05, 3.63) is 144 Å². The topological polar surface area (TPSA) is 146 Å². The predicted molar refractivity (Wildman–Crippen MR) is 155 cm³/mol. The third-order valence-electron chi connectivity index (χ3n) is 7.00. The van der Waals surface area contributed by atoms with Gasteiger partial charge in [-0.1, -0.05) is 72.8 Å². The molecule has 10 heteroatoms. The van der Waals surface area contributed by atoms with E-state index in [1.54, 1.807) is 72.8 Å². The van der Waals surface area contributed by atoms with Crippen molar-refractivity contribution in [1.82, 2.24) is 0 Å². The summed E-state index contributed by atoms with van der Waals surface area (Å²) < 4.78 is 22.7. The zero-order valence-corrected chi connectivity index (χ0v) is 23.2. The van der Waals surface area contributed by atoms with E-state index in [0.29, 0.717) is 0 Å². The number of aliphatic hydroxyl groups excluding tert-OH is 2. The zero-order chi connectivity index (χ0) is 31.1. The molecule has 4 aromatic carbocycles. The Morgan fingerprint density at radius 3 is 0.795 bits per heavy atom. The van der Waals surface area contributed by atoms with Gasteiger partial charge in [0.2, 0.25) is 0 Å². The number of benzene rings is 4. The molecule has 1 aliphatic carbocycles. The third-order valence-corrected chi connectivity index (χ3v) is 7.00. The van der Waals surface area contributed by atoms with Crippen molar-refractivity contribution >= 4 is 23.9 Å². The highest BCUT2D eigenvalue weighted by atomic mass is 16.6. The van der Waals surface area contributed by atoms with Crippen LogP contribution in [0.3, 0.4) is 0 Å². The minimum Gasteiger partial charge on any atom is -0.452 e. The fourth-order valence-electron chi connectivity index (χ4n) is 4.76. The van der Waals surface area contributed by atoms with E-state index in [1.165, 1.54) is 48.5 Å². The van der Waals surface area contributed by atoms with Gasteiger partial charge in [-0.3, -0.25) is 0 Å². The van der Waals surface area contributed by atoms with E-state index in [2.05, 4.69) is 0 Å². The molecule has 44 heavy (non-hydrogen) atoms. The molecule has 0 aromatic heterocycles. The molecule has 0 heterocycles. The van der Waals surface area contributed by atoms with Crippen LogP contribution in [0, 0.1) is 0 Å². The lowest BCUT2D eigenvalue weighted by molar-refractivity contribution is -0.223. The number of hydrogen-bond donors (Lipinski definition) is 2. The summed E-state index contributed by atoms with van der Waals surface area (Å²) in [7, 11) is 0. The van der Waals surface area contributed by atoms with E-state index in [9.17, 15) is 29.4 Å². The van der Waals surface area contributed by atoms with E-state index in [-0.39, 0.29) is 22.3 Å². The molecule has 5 rings (SSSR count). The van der Waals surface area contributed by atoms with Crippen LogP contribution < -0.4 is 0 Å². The quantitative estimate of drug-likeness (QED) is 0.228. The fourth-order valence-corrected chi connectivity index (χ4v) is 4.76. The molecule has 0 radical (unpaired) electrons. The van der Waals surface area contributed by atoms with Crippen molar-refractivity contribution in [2.24, 2.45) is 0 Å². The highest BCUT2D eigenvalue weighted by Crippen LogP contribution is 2.33. The van der Waals surface area contributed by atoms with Crippen LogP contribution in [-0.4, -0.2) is 70.7 Å². The third kappa shape index (κ3) is 6.83. The summed E-state index contributed by atoms with van der Waals surface area (Å²) in [6.07, 6.45) is -10.8. The summed E-state index contributed by atoms with van der Waals surface area (Å²) in [6, 6.07) is 31.3. The van der Waals surface area contributed by atoms with E-state index in [1.807, 2.05) is 0 Å². The smallest absolute Gasteiger partial charge is 0.338 e. The summed E-state index contributed by atoms with van der Waals surface area (Å²) in [5.74, 6) is -3.63. The minimum absolute atomic E-state index is 0.104. The maximum Gasteiger partial charge on any atom is 0.338 e. The summed E-state index contributed by atoms with van der Waals surface area (Å²) in [5.41, 5.74) is 0.426. The van der Waals surface area contributed by atoms with Crippen LogP contribution in [0.15, 0.2) is 121 Å². The lowest BCUT2D eigenvalue weighted by Gasteiger charge is -2.45. The van der Waals surface area contributed by atoms with Gasteiger partial charge in [0.15, 0.2) is 24.4 Å². The summed E-state index contributed by atoms with van der Waals surface area (Å²) in [4.78, 5) is 52.8. The number of carbonyl (C=O) groups excluding carboxylic acids is 4. The first-order valence-electron chi connectivity index (χ1n) is 13.7. The van der Waals surface area contributed by atoms with Gasteiger partial charge in [0.05, 0.1) is 22.3 Å². The maximum atomic E-state index is 13.3. The van der Waals surface area contributed by atoms with Gasteiger partial charge in [-0.25, -0.2) is 19.2 Å². The first-order valence-corrected chi connectivity index (χ1v) is 13.7. The lowest BCUT2D eigenvalue weighted by atomic mass is 9.84. The molecule has 4 aromatic rings. The minimum atomic E-state index is -1.93. The number of rotatable bonds is 8. The van der Waals surface area contributed by atoms with Crippen LogP contribution in [-0.2, 0) is 18.9 Å². The van der Waals surface area contributed by atoms with Crippen LogP contribution >= 0.6 is 0 Å². The highest BCUT2D eigenvalue weighted by molar-refractivity contribution is 5.92. The van der Waals surface area contributed by atoms with Crippen molar-refractivity contribution < 1.29 is 48.3 Å². The Morgan fingerprint density at radius 2 is 0.568 bits per heavy atom. The van der Waals surface area contributed by atoms with Crippen LogP contribution in [0.1, 0.15) is 41.4 Å². The second-order valence-corrected chi connectivity index (χ2v) is 9.92. The van der Waals surface area contributed by atoms with Crippen LogP contribution in [0.5, 0.6) is 0 Å². The Kier molecular flexibility index (Phi) is 9.43. The number of aliphatic hydroxyl groups is 2. The maximum absolute atomic E-state index is 13.3. The second kappa shape index (κ2) is 13.8. The molecule has 0 bridgehead atoms. The van der Waals surface area contributed by atoms with E-state index in [0.717, 1.165) is 0 Å². The van der Waals surface area contributed by atoms with Gasteiger partial charge < -0.3 is 29.2 Å². The van der Waals surface area contributed by atoms with E-state index >= 15 is 0 Å². The van der Waals surface area contributed by atoms with Gasteiger partial charge in [-0.05, 0) is 48.5 Å². The number of carbonyl (C=O) groups is 4. The first kappa shape index (κ1) is 30.1. The molecule has 6 atom stereocenters. The molecule has 1 fully saturated rings. The van der Waals surface area contributed by atoms with Gasteiger partial charge in [-0.15, -0.1) is 0 Å². The number of ether oxygens (including phenoxy) is 4. The fraction of sp³-hybridized carbons (Fsp3) is 0.176. The van der Waals surface area contributed by atoms with Gasteiger partial charge in [0, 0.05) is 0 Å². The highest BCUT2D eigenvalue weighted by Gasteiger charge is 2.57. The van der Waals surface area contributed by atoms with E-state index < -0.39 is 60.5 Å². The number of esters is 4. The molecule has 1 saturated carbocycles. The van der Waals surface area contributed by atoms with Crippen molar-refractivity contribution in [2.45, 2.75) is 36.6 Å². The molecule has 0 spiro atoms. The monoisotopic (exact) mass is 596 g/mol. The molecule has 0 aliphatic heterocycles. The van der Waals surface area contributed by atoms with Gasteiger partial charge >= 0.3 is 23.9 Å². The Balaban J connectivity index is 1.55. The average molecular weight is 597 g/mol. The number of hydrogen-bond acceptors (Lipinski definition) is 10. The van der Waals surface area contributed by atoms with Gasteiger partial charge in [0.25, 0.3) is 0 Å². The van der Waals surface area contributed by atoms with E-state index in [4.69, 9.17) is 18.9 Å². The normalized spacial score (nSPS) is 22.7. The SMILES string of the molecule is O=C(O[C@@H]1[C@@H](OC(=O)c2ccccc2)[C@@H](OC(=O)c2ccccc2)[C@@H](O)[C@H](O)[C@H]1OC(=O)c1ccccc1)c1ccccc1. The molecule has 10 nitrogen and oxygen atoms in total. The predicted octanol–water partition coefficient (Wildman–Crippen LogP) is 3.62. The zero-order valence-electron chi connectivity index (χ0n) is 23.2. The summed E-state index contributed by atoms with van der Waals surface area (Å²) in [5, 5.41) is 22.5. The summed E-state index contributed by atoms with van der Waals surface area (Å²) in [6.45, 7) is 0. The Labute approximate surface area is 252 Å². The Hall–Kier alpha value is -5.32. The molecular formula is C34H28O10. The first-order chi connectivity index (χ1) is 21.3. The van der Waals surface area contributed by atoms with Crippen molar-refractivity contribution in [3.8, 4) is 0 Å². The van der Waals surface area contributed by atoms with Gasteiger partial charge in [-0.2, -0.15) is 0 Å². The standard InChI is InChI=1S/C34H28O10/c35-25-26(36)28(42-32(38)22-15-7-2-8-16-22)30(44-34(40)24-19-11-4-12-20-24)29(43-33(39)23-17-9-3-10-18-23)27(25)41-31(37)21-13-5-1-6-14-21/h1-20,25-30,35-36H/t25-,26-,27-,28+,29-,30-/m0/s1. The van der Waals surface area contributed by atoms with Crippen LogP contribution in [0.2, 0.25) is 0 Å². The molecule has 2 N–H and O–H groups in total. The van der Waals surface area contributed by atoms with Crippen molar-refractivity contribution in [2.75, 3.05) is 0 Å². The molecule has 1 aliphatic rings. The van der Waals surface area contributed by atoms with Crippen molar-refractivity contribution in [1.29, 1.82) is 0 Å². The molecule has 0 amide bonds. The molecule has 0 unspecified atom stereocenters. The largest absolute Gasteiger partial charge is 0.452 e. The molecular weight excluding hydrogens is 568 g/mol. The molecule has 0 saturated heterocycles. The second-order valence-electron chi connectivity index (χ2n) is 9.92. The van der Waals surface area contributed by atoms with Crippen LogP contribution in [0.4, 0.5) is 0 Å². The molecule has 224 valence electrons. The Bertz CT molecular complexity index is 1460. The summed E-state index contributed by atoms with van der Waals surface area (Å²) >= 11 is 0. The lowest BCUT2D eigenvalue weighted by Crippen LogP contribution is -2.67. The van der Waals surface area contributed by atoms with Gasteiger partial charge in [0.1, 0.15) is 12.2 Å². The Morgan fingerprint density at radius 1 is 0.364 bits per heavy atom. The van der Waals surface area contributed by atoms with Crippen LogP contribution in [0.25, 0.3) is 0 Å². The average Bonchev–Trinajstić information content (AvgIpc) is 3.08. The van der Waals surface area contributed by atoms with Crippen molar-refractivity contribution in [3.63, 3.8) is 0 Å².